The molecule has 0 radical (unpaired) electrons. The molecule has 0 aromatic rings. The van der Waals surface area contributed by atoms with Crippen molar-refractivity contribution < 1.29 is 14.7 Å². The molecule has 0 aliphatic rings. The summed E-state index contributed by atoms with van der Waals surface area (Å²) in [6, 6.07) is 0. The van der Waals surface area contributed by atoms with E-state index in [2.05, 4.69) is 19.2 Å². The van der Waals surface area contributed by atoms with Crippen LogP contribution in [0, 0.1) is 5.92 Å². The van der Waals surface area contributed by atoms with E-state index in [1.54, 1.807) is 0 Å². The maximum absolute atomic E-state index is 11.3. The van der Waals surface area contributed by atoms with Gasteiger partial charge in [0.2, 0.25) is 5.91 Å². The van der Waals surface area contributed by atoms with Gasteiger partial charge in [0.1, 0.15) is 0 Å². The molecule has 0 heterocycles. The van der Waals surface area contributed by atoms with Gasteiger partial charge in [-0.3, -0.25) is 9.59 Å². The minimum atomic E-state index is -0.845. The van der Waals surface area contributed by atoms with E-state index in [0.29, 0.717) is 25.3 Å². The third-order valence-electron chi connectivity index (χ3n) is 2.54. The van der Waals surface area contributed by atoms with Crippen LogP contribution in [-0.4, -0.2) is 23.5 Å². The van der Waals surface area contributed by atoms with Crippen LogP contribution in [0.25, 0.3) is 0 Å². The molecule has 0 aliphatic heterocycles. The highest BCUT2D eigenvalue weighted by atomic mass is 16.4. The summed E-state index contributed by atoms with van der Waals surface area (Å²) < 4.78 is 0. The molecule has 1 amide bonds. The molecule has 0 spiro atoms. The van der Waals surface area contributed by atoms with Gasteiger partial charge in [0.05, 0.1) is 0 Å². The van der Waals surface area contributed by atoms with Crippen LogP contribution in [0.3, 0.4) is 0 Å². The fourth-order valence-corrected chi connectivity index (χ4v) is 1.32. The zero-order valence-electron chi connectivity index (χ0n) is 9.58. The first-order chi connectivity index (χ1) is 7.10. The van der Waals surface area contributed by atoms with Crippen molar-refractivity contribution >= 4 is 11.9 Å². The topological polar surface area (TPSA) is 66.4 Å². The lowest BCUT2D eigenvalue weighted by atomic mass is 10.0. The van der Waals surface area contributed by atoms with Crippen LogP contribution >= 0.6 is 0 Å². The van der Waals surface area contributed by atoms with Crippen molar-refractivity contribution in [2.24, 2.45) is 5.92 Å². The van der Waals surface area contributed by atoms with E-state index in [4.69, 9.17) is 5.11 Å². The number of aliphatic carboxylic acids is 1. The smallest absolute Gasteiger partial charge is 0.303 e. The Morgan fingerprint density at radius 3 is 2.27 bits per heavy atom. The van der Waals surface area contributed by atoms with Gasteiger partial charge in [0.25, 0.3) is 0 Å². The van der Waals surface area contributed by atoms with Gasteiger partial charge in [-0.1, -0.05) is 26.7 Å². The molecule has 4 nitrogen and oxygen atoms in total. The summed E-state index contributed by atoms with van der Waals surface area (Å²) in [5.41, 5.74) is 0. The summed E-state index contributed by atoms with van der Waals surface area (Å²) in [6.07, 6.45) is 2.92. The number of carbonyl (C=O) groups is 2. The van der Waals surface area contributed by atoms with E-state index in [1.165, 1.54) is 0 Å². The zero-order chi connectivity index (χ0) is 11.7. The zero-order valence-corrected chi connectivity index (χ0v) is 9.58. The molecule has 0 unspecified atom stereocenters. The van der Waals surface area contributed by atoms with Crippen LogP contribution < -0.4 is 5.32 Å². The van der Waals surface area contributed by atoms with Crippen molar-refractivity contribution in [2.75, 3.05) is 6.54 Å². The van der Waals surface area contributed by atoms with Crippen LogP contribution in [0.4, 0.5) is 0 Å². The van der Waals surface area contributed by atoms with Gasteiger partial charge in [0.15, 0.2) is 0 Å². The molecule has 15 heavy (non-hydrogen) atoms. The third-order valence-corrected chi connectivity index (χ3v) is 2.54. The van der Waals surface area contributed by atoms with Gasteiger partial charge in [-0.25, -0.2) is 0 Å². The number of amides is 1. The Bertz CT molecular complexity index is 200. The average molecular weight is 215 g/mol. The largest absolute Gasteiger partial charge is 0.481 e. The van der Waals surface area contributed by atoms with E-state index in [-0.39, 0.29) is 12.3 Å². The molecule has 88 valence electrons. The lowest BCUT2D eigenvalue weighted by molar-refractivity contribution is -0.137. The minimum absolute atomic E-state index is 0.0387. The predicted octanol–water partition coefficient (Wildman–Crippen LogP) is 1.79. The maximum atomic E-state index is 11.3. The summed E-state index contributed by atoms with van der Waals surface area (Å²) in [7, 11) is 0. The van der Waals surface area contributed by atoms with Crippen LogP contribution in [0.5, 0.6) is 0 Å². The summed E-state index contributed by atoms with van der Waals surface area (Å²) in [5, 5.41) is 11.2. The van der Waals surface area contributed by atoms with Crippen LogP contribution in [0.15, 0.2) is 0 Å². The second-order valence-electron chi connectivity index (χ2n) is 3.73. The second kappa shape index (κ2) is 8.26. The first-order valence-corrected chi connectivity index (χ1v) is 5.58. The number of carboxylic acids is 1. The highest BCUT2D eigenvalue weighted by Crippen LogP contribution is 2.05. The van der Waals surface area contributed by atoms with Gasteiger partial charge >= 0.3 is 5.97 Å². The molecule has 0 saturated carbocycles. The Hall–Kier alpha value is -1.06. The van der Waals surface area contributed by atoms with E-state index in [9.17, 15) is 9.59 Å². The van der Waals surface area contributed by atoms with Gasteiger partial charge in [-0.2, -0.15) is 0 Å². The Kier molecular flexibility index (Phi) is 7.68. The number of carbonyl (C=O) groups excluding carboxylic acids is 1. The fraction of sp³-hybridized carbons (Fsp3) is 0.818. The Balaban J connectivity index is 3.52. The molecule has 0 aromatic carbocycles. The fourth-order valence-electron chi connectivity index (χ4n) is 1.32. The molecule has 0 bridgehead atoms. The van der Waals surface area contributed by atoms with Gasteiger partial charge in [-0.05, 0) is 12.3 Å². The van der Waals surface area contributed by atoms with Crippen LogP contribution in [0.1, 0.15) is 46.0 Å². The summed E-state index contributed by atoms with van der Waals surface area (Å²) >= 11 is 0. The summed E-state index contributed by atoms with van der Waals surface area (Å²) in [6.45, 7) is 4.91. The van der Waals surface area contributed by atoms with Crippen LogP contribution in [0.2, 0.25) is 0 Å². The first-order valence-electron chi connectivity index (χ1n) is 5.58. The highest BCUT2D eigenvalue weighted by Gasteiger charge is 2.07. The van der Waals surface area contributed by atoms with Gasteiger partial charge < -0.3 is 10.4 Å². The molecular formula is C11H21NO3. The predicted molar refractivity (Wildman–Crippen MR) is 58.6 cm³/mol. The van der Waals surface area contributed by atoms with E-state index in [1.807, 2.05) is 0 Å². The molecule has 0 rings (SSSR count). The Morgan fingerprint density at radius 1 is 1.20 bits per heavy atom. The van der Waals surface area contributed by atoms with Crippen molar-refractivity contribution in [3.63, 3.8) is 0 Å². The Morgan fingerprint density at radius 2 is 1.80 bits per heavy atom. The van der Waals surface area contributed by atoms with Crippen molar-refractivity contribution in [3.8, 4) is 0 Å². The average Bonchev–Trinajstić information content (AvgIpc) is 2.18. The van der Waals surface area contributed by atoms with Crippen LogP contribution in [-0.2, 0) is 9.59 Å². The number of hydrogen-bond acceptors (Lipinski definition) is 2. The van der Waals surface area contributed by atoms with Crippen molar-refractivity contribution in [1.29, 1.82) is 0 Å². The molecular weight excluding hydrogens is 194 g/mol. The molecule has 4 heteroatoms. The number of hydrogen-bond donors (Lipinski definition) is 2. The number of nitrogens with one attached hydrogen (secondary N) is 1. The van der Waals surface area contributed by atoms with E-state index < -0.39 is 5.97 Å². The molecule has 0 aromatic heterocycles. The minimum Gasteiger partial charge on any atom is -0.481 e. The third kappa shape index (κ3) is 7.97. The lowest BCUT2D eigenvalue weighted by Gasteiger charge is -2.12. The van der Waals surface area contributed by atoms with Crippen molar-refractivity contribution in [2.45, 2.75) is 46.0 Å². The number of rotatable bonds is 8. The summed E-state index contributed by atoms with van der Waals surface area (Å²) in [5.74, 6) is -0.348. The normalized spacial score (nSPS) is 10.3. The van der Waals surface area contributed by atoms with Crippen molar-refractivity contribution in [3.05, 3.63) is 0 Å². The standard InChI is InChI=1S/C11H21NO3/c1-3-9(4-2)8-12-10(13)6-5-7-11(14)15/h9H,3-8H2,1-2H3,(H,12,13)(H,14,15). The Labute approximate surface area is 91.1 Å². The van der Waals surface area contributed by atoms with Gasteiger partial charge in [0, 0.05) is 19.4 Å². The van der Waals surface area contributed by atoms with Crippen molar-refractivity contribution in [1.82, 2.24) is 5.32 Å². The number of carboxylic acid groups (broad SMARTS) is 1. The molecule has 0 atom stereocenters. The second-order valence-corrected chi connectivity index (χ2v) is 3.73. The highest BCUT2D eigenvalue weighted by molar-refractivity contribution is 5.76. The quantitative estimate of drug-likeness (QED) is 0.648. The van der Waals surface area contributed by atoms with Gasteiger partial charge in [-0.15, -0.1) is 0 Å². The molecule has 2 N–H and O–H groups in total. The first kappa shape index (κ1) is 13.9. The SMILES string of the molecule is CCC(CC)CNC(=O)CCCC(=O)O. The molecule has 0 saturated heterocycles. The molecule has 0 fully saturated rings. The monoisotopic (exact) mass is 215 g/mol. The molecule has 0 aliphatic carbocycles. The lowest BCUT2D eigenvalue weighted by Crippen LogP contribution is -2.28. The van der Waals surface area contributed by atoms with E-state index >= 15 is 0 Å². The summed E-state index contributed by atoms with van der Waals surface area (Å²) in [4.78, 5) is 21.5. The van der Waals surface area contributed by atoms with E-state index in [0.717, 1.165) is 12.8 Å². The maximum Gasteiger partial charge on any atom is 0.303 e.